The van der Waals surface area contributed by atoms with Gasteiger partial charge in [0.15, 0.2) is 0 Å². The molecule has 6 nitrogen and oxygen atoms in total. The lowest BCUT2D eigenvalue weighted by Gasteiger charge is -2.42. The third kappa shape index (κ3) is 4.62. The van der Waals surface area contributed by atoms with Gasteiger partial charge < -0.3 is 19.3 Å². The number of alkyl halides is 3. The van der Waals surface area contributed by atoms with Gasteiger partial charge >= 0.3 is 6.18 Å². The van der Waals surface area contributed by atoms with Crippen molar-refractivity contribution in [3.8, 4) is 0 Å². The highest BCUT2D eigenvalue weighted by atomic mass is 19.4. The molecular formula is C27H38F3N3O3. The topological polar surface area (TPSA) is 54.9 Å². The number of anilines is 1. The molecule has 0 unspecified atom stereocenters. The fraction of sp³-hybridized carbons (Fsp3) is 0.778. The van der Waals surface area contributed by atoms with E-state index in [-0.39, 0.29) is 35.4 Å². The van der Waals surface area contributed by atoms with Gasteiger partial charge in [-0.1, -0.05) is 13.8 Å². The summed E-state index contributed by atoms with van der Waals surface area (Å²) in [5.41, 5.74) is -0.680. The van der Waals surface area contributed by atoms with Crippen molar-refractivity contribution >= 4 is 11.6 Å². The average molecular weight is 510 g/mol. The van der Waals surface area contributed by atoms with Gasteiger partial charge in [-0.25, -0.2) is 0 Å². The summed E-state index contributed by atoms with van der Waals surface area (Å²) in [6, 6.07) is 2.87. The summed E-state index contributed by atoms with van der Waals surface area (Å²) in [5.74, 6) is 1.48. The predicted octanol–water partition coefficient (Wildman–Crippen LogP) is 4.77. The molecule has 1 saturated carbocycles. The van der Waals surface area contributed by atoms with E-state index in [9.17, 15) is 18.0 Å². The summed E-state index contributed by atoms with van der Waals surface area (Å²) in [6.45, 7) is 6.93. The zero-order valence-corrected chi connectivity index (χ0v) is 21.5. The fourth-order valence-corrected chi connectivity index (χ4v) is 7.33. The van der Waals surface area contributed by atoms with Gasteiger partial charge in [0.05, 0.1) is 24.2 Å². The molecular weight excluding hydrogens is 471 g/mol. The molecule has 1 aromatic rings. The van der Waals surface area contributed by atoms with Gasteiger partial charge in [0, 0.05) is 44.7 Å². The molecule has 3 saturated heterocycles. The largest absolute Gasteiger partial charge is 0.433 e. The number of methoxy groups -OCH3 is 1. The zero-order valence-electron chi connectivity index (χ0n) is 21.5. The standard InChI is InChI=1S/C27H38F3N3O3/c1-17(2)26(7-4-18(13-26)10-19-6-9-36-16-23(19)35-3)25(34)33-15-21-11-22(33)14-32(21)20-5-8-31-24(12-20)27(28,29)30/h5,8,12,17-19,21-23H,4,6-7,9-11,13-16H2,1-3H3/t18-,19+,21+,22+,23+,26-/m0/s1. The number of ether oxygens (including phenoxy) is 2. The number of halogens is 3. The molecule has 1 aliphatic carbocycles. The number of likely N-dealkylation sites (tertiary alicyclic amines) is 1. The quantitative estimate of drug-likeness (QED) is 0.553. The Morgan fingerprint density at radius 3 is 2.75 bits per heavy atom. The number of hydrogen-bond donors (Lipinski definition) is 0. The van der Waals surface area contributed by atoms with Crippen LogP contribution in [-0.2, 0) is 20.4 Å². The minimum Gasteiger partial charge on any atom is -0.379 e. The summed E-state index contributed by atoms with van der Waals surface area (Å²) >= 11 is 0. The molecule has 0 radical (unpaired) electrons. The molecule has 3 aliphatic heterocycles. The number of carbonyl (C=O) groups excluding carboxylic acids is 1. The predicted molar refractivity (Wildman–Crippen MR) is 129 cm³/mol. The summed E-state index contributed by atoms with van der Waals surface area (Å²) in [6.07, 6.45) is 2.67. The fourth-order valence-electron chi connectivity index (χ4n) is 7.33. The molecule has 1 amide bonds. The molecule has 1 aromatic heterocycles. The van der Waals surface area contributed by atoms with Crippen LogP contribution in [0, 0.1) is 23.2 Å². The number of aromatic nitrogens is 1. The number of amides is 1. The Kier molecular flexibility index (Phi) is 7.00. The van der Waals surface area contributed by atoms with E-state index in [1.807, 2.05) is 4.90 Å². The van der Waals surface area contributed by atoms with Crippen molar-refractivity contribution < 1.29 is 27.4 Å². The first-order valence-electron chi connectivity index (χ1n) is 13.3. The summed E-state index contributed by atoms with van der Waals surface area (Å²) < 4.78 is 50.8. The van der Waals surface area contributed by atoms with Crippen molar-refractivity contribution in [2.24, 2.45) is 23.2 Å². The van der Waals surface area contributed by atoms with Crippen molar-refractivity contribution in [3.05, 3.63) is 24.0 Å². The van der Waals surface area contributed by atoms with Gasteiger partial charge in [-0.2, -0.15) is 13.2 Å². The molecule has 4 fully saturated rings. The van der Waals surface area contributed by atoms with E-state index in [4.69, 9.17) is 9.47 Å². The normalized spacial score (nSPS) is 34.7. The van der Waals surface area contributed by atoms with E-state index < -0.39 is 11.9 Å². The number of fused-ring (bicyclic) bond motifs is 2. The second kappa shape index (κ2) is 9.78. The molecule has 0 aromatic carbocycles. The van der Waals surface area contributed by atoms with Gasteiger partial charge in [-0.05, 0) is 68.4 Å². The van der Waals surface area contributed by atoms with Crippen molar-refractivity contribution in [1.29, 1.82) is 0 Å². The first kappa shape index (κ1) is 25.8. The van der Waals surface area contributed by atoms with Crippen LogP contribution in [0.4, 0.5) is 18.9 Å². The first-order valence-corrected chi connectivity index (χ1v) is 13.3. The van der Waals surface area contributed by atoms with Crippen LogP contribution in [0.1, 0.15) is 58.1 Å². The van der Waals surface area contributed by atoms with Gasteiger partial charge in [0.1, 0.15) is 5.69 Å². The molecule has 36 heavy (non-hydrogen) atoms. The second-order valence-corrected chi connectivity index (χ2v) is 11.6. The van der Waals surface area contributed by atoms with E-state index in [0.717, 1.165) is 51.2 Å². The van der Waals surface area contributed by atoms with Crippen LogP contribution < -0.4 is 4.90 Å². The lowest BCUT2D eigenvalue weighted by Crippen LogP contribution is -2.54. The SMILES string of the molecule is CO[C@@H]1COCC[C@@H]1C[C@@H]1CC[C@@](C(=O)N2C[C@H]3C[C@@H]2CN3c2ccnc(C(F)(F)F)c2)(C(C)C)C1. The van der Waals surface area contributed by atoms with Crippen molar-refractivity contribution in [1.82, 2.24) is 9.88 Å². The van der Waals surface area contributed by atoms with E-state index in [1.165, 1.54) is 6.20 Å². The average Bonchev–Trinajstić information content (AvgIpc) is 3.58. The Bertz CT molecular complexity index is 958. The highest BCUT2D eigenvalue weighted by molar-refractivity contribution is 5.84. The van der Waals surface area contributed by atoms with Crippen molar-refractivity contribution in [2.75, 3.05) is 38.3 Å². The van der Waals surface area contributed by atoms with E-state index in [2.05, 4.69) is 23.7 Å². The maximum atomic E-state index is 14.1. The number of piperazine rings is 1. The first-order chi connectivity index (χ1) is 17.1. The number of pyridine rings is 1. The monoisotopic (exact) mass is 509 g/mol. The Morgan fingerprint density at radius 1 is 1.28 bits per heavy atom. The number of nitrogens with zero attached hydrogens (tertiary/aromatic N) is 3. The molecule has 200 valence electrons. The van der Waals surface area contributed by atoms with E-state index in [1.54, 1.807) is 13.2 Å². The van der Waals surface area contributed by atoms with Crippen LogP contribution in [0.2, 0.25) is 0 Å². The van der Waals surface area contributed by atoms with Gasteiger partial charge in [-0.3, -0.25) is 9.78 Å². The highest BCUT2D eigenvalue weighted by Gasteiger charge is 2.54. The van der Waals surface area contributed by atoms with Crippen molar-refractivity contribution in [2.45, 2.75) is 76.7 Å². The van der Waals surface area contributed by atoms with E-state index in [0.29, 0.717) is 37.2 Å². The third-order valence-corrected chi connectivity index (χ3v) is 9.43. The van der Waals surface area contributed by atoms with Gasteiger partial charge in [0.25, 0.3) is 0 Å². The minimum absolute atomic E-state index is 0.0491. The molecule has 4 heterocycles. The number of rotatable bonds is 6. The van der Waals surface area contributed by atoms with Crippen molar-refractivity contribution in [3.63, 3.8) is 0 Å². The lowest BCUT2D eigenvalue weighted by atomic mass is 9.73. The maximum absolute atomic E-state index is 14.1. The van der Waals surface area contributed by atoms with Crippen LogP contribution in [0.5, 0.6) is 0 Å². The molecule has 4 aliphatic rings. The van der Waals surface area contributed by atoms with Crippen LogP contribution >= 0.6 is 0 Å². The van der Waals surface area contributed by atoms with Crippen LogP contribution in [0.3, 0.4) is 0 Å². The highest BCUT2D eigenvalue weighted by Crippen LogP contribution is 2.52. The number of hydrogen-bond acceptors (Lipinski definition) is 5. The Hall–Kier alpha value is -1.87. The lowest BCUT2D eigenvalue weighted by molar-refractivity contribution is -0.146. The molecule has 2 bridgehead atoms. The summed E-state index contributed by atoms with van der Waals surface area (Å²) in [5, 5.41) is 0. The maximum Gasteiger partial charge on any atom is 0.433 e. The number of carbonyl (C=O) groups is 1. The zero-order chi connectivity index (χ0) is 25.7. The van der Waals surface area contributed by atoms with Gasteiger partial charge in [0.2, 0.25) is 5.91 Å². The Balaban J connectivity index is 1.26. The second-order valence-electron chi connectivity index (χ2n) is 11.6. The molecule has 6 atom stereocenters. The van der Waals surface area contributed by atoms with Crippen LogP contribution in [0.15, 0.2) is 18.3 Å². The third-order valence-electron chi connectivity index (χ3n) is 9.43. The van der Waals surface area contributed by atoms with Gasteiger partial charge in [-0.15, -0.1) is 0 Å². The van der Waals surface area contributed by atoms with E-state index >= 15 is 0 Å². The summed E-state index contributed by atoms with van der Waals surface area (Å²) in [7, 11) is 1.75. The molecule has 5 rings (SSSR count). The minimum atomic E-state index is -4.46. The van der Waals surface area contributed by atoms with Crippen LogP contribution in [-0.4, -0.2) is 67.4 Å². The van der Waals surface area contributed by atoms with Crippen LogP contribution in [0.25, 0.3) is 0 Å². The smallest absolute Gasteiger partial charge is 0.379 e. The Morgan fingerprint density at radius 2 is 2.08 bits per heavy atom. The molecule has 0 N–H and O–H groups in total. The molecule has 9 heteroatoms. The Labute approximate surface area is 211 Å². The molecule has 0 spiro atoms. The summed E-state index contributed by atoms with van der Waals surface area (Å²) in [4.78, 5) is 21.7.